The molecule has 3 aromatic rings. The number of rotatable bonds is 7. The van der Waals surface area contributed by atoms with E-state index in [1.54, 1.807) is 36.6 Å². The zero-order valence-electron chi connectivity index (χ0n) is 13.7. The molecule has 0 fully saturated rings. The van der Waals surface area contributed by atoms with Crippen LogP contribution in [0.2, 0.25) is 0 Å². The number of thiophene rings is 1. The Bertz CT molecular complexity index is 878. The molecule has 25 heavy (non-hydrogen) atoms. The second kappa shape index (κ2) is 8.16. The topological polar surface area (TPSA) is 57.0 Å². The minimum absolute atomic E-state index is 0.0381. The molecule has 0 radical (unpaired) electrons. The zero-order valence-corrected chi connectivity index (χ0v) is 16.9. The number of carbonyl (C=O) groups is 1. The zero-order chi connectivity index (χ0) is 17.8. The van der Waals surface area contributed by atoms with Crippen molar-refractivity contribution in [1.29, 1.82) is 0 Å². The van der Waals surface area contributed by atoms with Crippen molar-refractivity contribution in [3.8, 4) is 5.75 Å². The van der Waals surface area contributed by atoms with Crippen LogP contribution in [0, 0.1) is 0 Å². The number of methoxy groups -OCH3 is 1. The van der Waals surface area contributed by atoms with E-state index in [0.717, 1.165) is 21.9 Å². The standard InChI is InChI=1S/C17H16BrN3O2S2/c1-21-16(9-12-4-3-7-24-12)19-20-17(21)25-10-14(22)11-5-6-15(23-2)13(18)8-11/h3-8H,9-10H2,1-2H3. The van der Waals surface area contributed by atoms with Gasteiger partial charge in [0.2, 0.25) is 0 Å². The van der Waals surface area contributed by atoms with E-state index in [2.05, 4.69) is 32.2 Å². The number of halogens is 1. The molecule has 0 spiro atoms. The monoisotopic (exact) mass is 437 g/mol. The number of benzene rings is 1. The number of Topliss-reactive ketones (excluding diaryl/α,β-unsaturated/α-hetero) is 1. The van der Waals surface area contributed by atoms with Crippen LogP contribution in [0.3, 0.4) is 0 Å². The summed E-state index contributed by atoms with van der Waals surface area (Å²) in [6.07, 6.45) is 0.751. The minimum Gasteiger partial charge on any atom is -0.496 e. The van der Waals surface area contributed by atoms with E-state index in [0.29, 0.717) is 17.1 Å². The van der Waals surface area contributed by atoms with E-state index in [1.807, 2.05) is 23.1 Å². The van der Waals surface area contributed by atoms with Crippen LogP contribution in [-0.4, -0.2) is 33.4 Å². The lowest BCUT2D eigenvalue weighted by Gasteiger charge is -2.06. The summed E-state index contributed by atoms with van der Waals surface area (Å²) in [6, 6.07) is 9.43. The summed E-state index contributed by atoms with van der Waals surface area (Å²) in [6.45, 7) is 0. The number of hydrogen-bond acceptors (Lipinski definition) is 6. The summed E-state index contributed by atoms with van der Waals surface area (Å²) in [5, 5.41) is 11.2. The van der Waals surface area contributed by atoms with Crippen molar-refractivity contribution in [3.63, 3.8) is 0 Å². The van der Waals surface area contributed by atoms with Gasteiger partial charge in [-0.15, -0.1) is 21.5 Å². The van der Waals surface area contributed by atoms with Gasteiger partial charge < -0.3 is 9.30 Å². The van der Waals surface area contributed by atoms with Gasteiger partial charge >= 0.3 is 0 Å². The Morgan fingerprint density at radius 2 is 2.20 bits per heavy atom. The first-order valence-electron chi connectivity index (χ1n) is 7.48. The molecule has 3 rings (SSSR count). The molecule has 0 amide bonds. The van der Waals surface area contributed by atoms with E-state index in [-0.39, 0.29) is 5.78 Å². The Hall–Kier alpha value is -1.64. The maximum atomic E-state index is 12.4. The van der Waals surface area contributed by atoms with Crippen LogP contribution >= 0.6 is 39.0 Å². The number of thioether (sulfide) groups is 1. The van der Waals surface area contributed by atoms with Crippen molar-refractivity contribution < 1.29 is 9.53 Å². The Labute approximate surface area is 162 Å². The lowest BCUT2D eigenvalue weighted by atomic mass is 10.1. The Kier molecular flexibility index (Phi) is 5.93. The molecule has 0 aliphatic carbocycles. The molecule has 0 saturated heterocycles. The van der Waals surface area contributed by atoms with Gasteiger partial charge in [0, 0.05) is 23.9 Å². The molecule has 0 aliphatic heterocycles. The number of ether oxygens (including phenoxy) is 1. The highest BCUT2D eigenvalue weighted by Gasteiger charge is 2.14. The SMILES string of the molecule is COc1ccc(C(=O)CSc2nnc(Cc3cccs3)n2C)cc1Br. The van der Waals surface area contributed by atoms with E-state index in [1.165, 1.54) is 16.6 Å². The number of carbonyl (C=O) groups excluding carboxylic acids is 1. The molecule has 0 saturated carbocycles. The average Bonchev–Trinajstić information content (AvgIpc) is 3.24. The van der Waals surface area contributed by atoms with Gasteiger partial charge in [0.1, 0.15) is 11.6 Å². The molecule has 0 N–H and O–H groups in total. The van der Waals surface area contributed by atoms with Gasteiger partial charge in [-0.3, -0.25) is 4.79 Å². The fourth-order valence-corrected chi connectivity index (χ4v) is 4.31. The summed E-state index contributed by atoms with van der Waals surface area (Å²) in [7, 11) is 3.53. The largest absolute Gasteiger partial charge is 0.496 e. The Balaban J connectivity index is 1.64. The van der Waals surface area contributed by atoms with Gasteiger partial charge in [-0.1, -0.05) is 17.8 Å². The third kappa shape index (κ3) is 4.31. The molecule has 130 valence electrons. The fourth-order valence-electron chi connectivity index (χ4n) is 2.25. The summed E-state index contributed by atoms with van der Waals surface area (Å²) in [5.74, 6) is 1.94. The van der Waals surface area contributed by atoms with E-state index < -0.39 is 0 Å². The number of aromatic nitrogens is 3. The minimum atomic E-state index is 0.0381. The normalized spacial score (nSPS) is 10.8. The quantitative estimate of drug-likeness (QED) is 0.409. The second-order valence-corrected chi connectivity index (χ2v) is 8.10. The smallest absolute Gasteiger partial charge is 0.191 e. The highest BCUT2D eigenvalue weighted by molar-refractivity contribution is 9.10. The predicted octanol–water partition coefficient (Wildman–Crippen LogP) is 4.21. The van der Waals surface area contributed by atoms with Crippen LogP contribution in [0.1, 0.15) is 21.1 Å². The molecule has 2 aromatic heterocycles. The molecular weight excluding hydrogens is 422 g/mol. The first-order valence-corrected chi connectivity index (χ1v) is 10.1. The number of ketones is 1. The van der Waals surface area contributed by atoms with Crippen molar-refractivity contribution in [2.45, 2.75) is 11.6 Å². The average molecular weight is 438 g/mol. The molecule has 0 aliphatic rings. The van der Waals surface area contributed by atoms with Gasteiger partial charge in [-0.2, -0.15) is 0 Å². The summed E-state index contributed by atoms with van der Waals surface area (Å²) < 4.78 is 7.90. The molecule has 0 bridgehead atoms. The van der Waals surface area contributed by atoms with Gasteiger partial charge in [-0.05, 0) is 45.6 Å². The van der Waals surface area contributed by atoms with Crippen molar-refractivity contribution in [1.82, 2.24) is 14.8 Å². The van der Waals surface area contributed by atoms with Crippen molar-refractivity contribution in [2.75, 3.05) is 12.9 Å². The third-order valence-corrected chi connectivity index (χ3v) is 6.16. The highest BCUT2D eigenvalue weighted by Crippen LogP contribution is 2.27. The first-order chi connectivity index (χ1) is 12.1. The fraction of sp³-hybridized carbons (Fsp3) is 0.235. The third-order valence-electron chi connectivity index (χ3n) is 3.64. The van der Waals surface area contributed by atoms with Crippen molar-refractivity contribution >= 4 is 44.8 Å². The second-order valence-electron chi connectivity index (χ2n) is 5.28. The summed E-state index contributed by atoms with van der Waals surface area (Å²) >= 11 is 6.50. The maximum absolute atomic E-state index is 12.4. The molecule has 8 heteroatoms. The van der Waals surface area contributed by atoms with E-state index in [9.17, 15) is 4.79 Å². The van der Waals surface area contributed by atoms with E-state index >= 15 is 0 Å². The summed E-state index contributed by atoms with van der Waals surface area (Å²) in [5.41, 5.74) is 0.640. The highest BCUT2D eigenvalue weighted by atomic mass is 79.9. The van der Waals surface area contributed by atoms with Gasteiger partial charge in [0.05, 0.1) is 17.3 Å². The molecular formula is C17H16BrN3O2S2. The first kappa shape index (κ1) is 18.2. The van der Waals surface area contributed by atoms with Crippen LogP contribution in [0.25, 0.3) is 0 Å². The lowest BCUT2D eigenvalue weighted by Crippen LogP contribution is -2.05. The van der Waals surface area contributed by atoms with E-state index in [4.69, 9.17) is 4.74 Å². The Morgan fingerprint density at radius 1 is 1.36 bits per heavy atom. The van der Waals surface area contributed by atoms with Gasteiger partial charge in [0.15, 0.2) is 10.9 Å². The molecule has 0 atom stereocenters. The van der Waals surface area contributed by atoms with Crippen LogP contribution < -0.4 is 4.74 Å². The number of hydrogen-bond donors (Lipinski definition) is 0. The lowest BCUT2D eigenvalue weighted by molar-refractivity contribution is 0.102. The van der Waals surface area contributed by atoms with Gasteiger partial charge in [-0.25, -0.2) is 0 Å². The molecule has 1 aromatic carbocycles. The van der Waals surface area contributed by atoms with Gasteiger partial charge in [0.25, 0.3) is 0 Å². The summed E-state index contributed by atoms with van der Waals surface area (Å²) in [4.78, 5) is 13.6. The molecule has 2 heterocycles. The van der Waals surface area contributed by atoms with Crippen LogP contribution in [0.5, 0.6) is 5.75 Å². The Morgan fingerprint density at radius 3 is 2.88 bits per heavy atom. The maximum Gasteiger partial charge on any atom is 0.191 e. The van der Waals surface area contributed by atoms with Crippen molar-refractivity contribution in [3.05, 3.63) is 56.4 Å². The van der Waals surface area contributed by atoms with Crippen LogP contribution in [0.15, 0.2) is 45.3 Å². The molecule has 0 unspecified atom stereocenters. The predicted molar refractivity (Wildman–Crippen MR) is 104 cm³/mol. The van der Waals surface area contributed by atoms with Crippen molar-refractivity contribution in [2.24, 2.45) is 7.05 Å². The molecule has 5 nitrogen and oxygen atoms in total. The van der Waals surface area contributed by atoms with Crippen LogP contribution in [0.4, 0.5) is 0 Å². The van der Waals surface area contributed by atoms with Crippen LogP contribution in [-0.2, 0) is 13.5 Å². The number of nitrogens with zero attached hydrogens (tertiary/aromatic N) is 3.